The Bertz CT molecular complexity index is 866. The van der Waals surface area contributed by atoms with Crippen LogP contribution in [0.15, 0.2) is 42.5 Å². The summed E-state index contributed by atoms with van der Waals surface area (Å²) in [5.74, 6) is 1.93. The number of ether oxygens (including phenoxy) is 1. The maximum atomic E-state index is 12.0. The molecule has 2 N–H and O–H groups in total. The molecule has 0 bridgehead atoms. The summed E-state index contributed by atoms with van der Waals surface area (Å²) in [5.41, 5.74) is 4.44. The van der Waals surface area contributed by atoms with Gasteiger partial charge in [-0.3, -0.25) is 4.79 Å². The Hall–Kier alpha value is -2.82. The molecule has 3 aromatic rings. The van der Waals surface area contributed by atoms with Crippen molar-refractivity contribution in [1.29, 1.82) is 0 Å². The number of rotatable bonds is 7. The van der Waals surface area contributed by atoms with E-state index in [1.165, 1.54) is 11.1 Å². The fourth-order valence-corrected chi connectivity index (χ4v) is 3.03. The number of carbonyl (C=O) groups excluding carboxylic acids is 1. The lowest BCUT2D eigenvalue weighted by molar-refractivity contribution is -0.123. The molecule has 0 atom stereocenters. The highest BCUT2D eigenvalue weighted by Gasteiger charge is 2.07. The van der Waals surface area contributed by atoms with Crippen LogP contribution in [0.1, 0.15) is 36.7 Å². The average molecular weight is 351 g/mol. The van der Waals surface area contributed by atoms with Crippen molar-refractivity contribution in [1.82, 2.24) is 15.3 Å². The molecule has 0 aliphatic heterocycles. The van der Waals surface area contributed by atoms with Crippen molar-refractivity contribution in [3.63, 3.8) is 0 Å². The Morgan fingerprint density at radius 2 is 2.04 bits per heavy atom. The molecule has 2 aromatic carbocycles. The molecule has 1 aromatic heterocycles. The summed E-state index contributed by atoms with van der Waals surface area (Å²) >= 11 is 0. The third kappa shape index (κ3) is 4.42. The summed E-state index contributed by atoms with van der Waals surface area (Å²) in [6.45, 7) is 6.93. The van der Waals surface area contributed by atoms with E-state index in [0.29, 0.717) is 18.9 Å². The number of nitrogens with one attached hydrogen (secondary N) is 2. The number of fused-ring (bicyclic) bond motifs is 1. The molecular formula is C21H25N3O2. The topological polar surface area (TPSA) is 67.0 Å². The summed E-state index contributed by atoms with van der Waals surface area (Å²) in [7, 11) is 0. The van der Waals surface area contributed by atoms with E-state index in [4.69, 9.17) is 4.74 Å². The number of nitrogens with zero attached hydrogens (tertiary/aromatic N) is 1. The highest BCUT2D eigenvalue weighted by atomic mass is 16.5. The first-order chi connectivity index (χ1) is 12.5. The van der Waals surface area contributed by atoms with E-state index in [-0.39, 0.29) is 12.5 Å². The molecule has 0 radical (unpaired) electrons. The summed E-state index contributed by atoms with van der Waals surface area (Å²) in [4.78, 5) is 19.7. The van der Waals surface area contributed by atoms with Gasteiger partial charge in [-0.2, -0.15) is 0 Å². The average Bonchev–Trinajstić information content (AvgIpc) is 3.02. The van der Waals surface area contributed by atoms with Gasteiger partial charge in [-0.1, -0.05) is 32.0 Å². The number of hydrogen-bond donors (Lipinski definition) is 2. The van der Waals surface area contributed by atoms with Crippen LogP contribution >= 0.6 is 0 Å². The van der Waals surface area contributed by atoms with Gasteiger partial charge in [-0.15, -0.1) is 0 Å². The van der Waals surface area contributed by atoms with Gasteiger partial charge in [-0.05, 0) is 48.2 Å². The molecular weight excluding hydrogens is 326 g/mol. The van der Waals surface area contributed by atoms with Gasteiger partial charge in [0.1, 0.15) is 11.6 Å². The fourth-order valence-electron chi connectivity index (χ4n) is 3.03. The zero-order valence-electron chi connectivity index (χ0n) is 15.5. The van der Waals surface area contributed by atoms with Crippen LogP contribution in [-0.4, -0.2) is 29.0 Å². The Morgan fingerprint density at radius 1 is 1.23 bits per heavy atom. The lowest BCUT2D eigenvalue weighted by Gasteiger charge is -2.12. The van der Waals surface area contributed by atoms with Crippen molar-refractivity contribution in [3.05, 3.63) is 59.4 Å². The second kappa shape index (κ2) is 8.04. The highest BCUT2D eigenvalue weighted by molar-refractivity contribution is 5.77. The molecule has 0 spiro atoms. The molecule has 136 valence electrons. The van der Waals surface area contributed by atoms with Crippen LogP contribution in [0, 0.1) is 6.92 Å². The highest BCUT2D eigenvalue weighted by Crippen LogP contribution is 2.23. The van der Waals surface area contributed by atoms with Crippen LogP contribution in [-0.2, 0) is 11.2 Å². The second-order valence-electron chi connectivity index (χ2n) is 6.76. The zero-order chi connectivity index (χ0) is 18.5. The minimum Gasteiger partial charge on any atom is -0.484 e. The smallest absolute Gasteiger partial charge is 0.257 e. The SMILES string of the molecule is Cc1cc(OCC(=O)NCCc2nc3ccccc3[nH]2)ccc1C(C)C. The van der Waals surface area contributed by atoms with Crippen molar-refractivity contribution in [3.8, 4) is 5.75 Å². The molecule has 0 fully saturated rings. The standard InChI is InChI=1S/C21H25N3O2/c1-14(2)17-9-8-16(12-15(17)3)26-13-21(25)22-11-10-20-23-18-6-4-5-7-19(18)24-20/h4-9,12,14H,10-11,13H2,1-3H3,(H,22,25)(H,23,24). The maximum Gasteiger partial charge on any atom is 0.257 e. The largest absolute Gasteiger partial charge is 0.484 e. The number of para-hydroxylation sites is 2. The molecule has 0 aliphatic carbocycles. The van der Waals surface area contributed by atoms with E-state index in [2.05, 4.69) is 42.1 Å². The number of aromatic amines is 1. The minimum atomic E-state index is -0.133. The molecule has 3 rings (SSSR count). The van der Waals surface area contributed by atoms with E-state index in [1.54, 1.807) is 0 Å². The van der Waals surface area contributed by atoms with Crippen molar-refractivity contribution >= 4 is 16.9 Å². The van der Waals surface area contributed by atoms with Crippen molar-refractivity contribution < 1.29 is 9.53 Å². The third-order valence-electron chi connectivity index (χ3n) is 4.36. The number of amides is 1. The number of aryl methyl sites for hydroxylation is 1. The summed E-state index contributed by atoms with van der Waals surface area (Å²) in [6, 6.07) is 13.9. The molecule has 0 unspecified atom stereocenters. The molecule has 5 nitrogen and oxygen atoms in total. The predicted octanol–water partition coefficient (Wildman–Crippen LogP) is 3.73. The summed E-state index contributed by atoms with van der Waals surface area (Å²) in [5, 5.41) is 2.87. The minimum absolute atomic E-state index is 0.0145. The van der Waals surface area contributed by atoms with Crippen LogP contribution in [0.4, 0.5) is 0 Å². The molecule has 5 heteroatoms. The molecule has 0 saturated carbocycles. The molecule has 26 heavy (non-hydrogen) atoms. The monoisotopic (exact) mass is 351 g/mol. The number of benzene rings is 2. The predicted molar refractivity (Wildman–Crippen MR) is 104 cm³/mol. The number of imidazole rings is 1. The Kier molecular flexibility index (Phi) is 5.56. The normalized spacial score (nSPS) is 11.1. The van der Waals surface area contributed by atoms with Crippen LogP contribution in [0.5, 0.6) is 5.75 Å². The van der Waals surface area contributed by atoms with Crippen LogP contribution in [0.2, 0.25) is 0 Å². The Labute approximate surface area is 153 Å². The lowest BCUT2D eigenvalue weighted by atomic mass is 9.98. The van der Waals surface area contributed by atoms with E-state index >= 15 is 0 Å². The number of aromatic nitrogens is 2. The number of carbonyl (C=O) groups is 1. The van der Waals surface area contributed by atoms with E-state index in [9.17, 15) is 4.79 Å². The number of H-pyrrole nitrogens is 1. The van der Waals surface area contributed by atoms with Crippen LogP contribution in [0.25, 0.3) is 11.0 Å². The van der Waals surface area contributed by atoms with Gasteiger partial charge in [0.15, 0.2) is 6.61 Å². The lowest BCUT2D eigenvalue weighted by Crippen LogP contribution is -2.30. The first kappa shape index (κ1) is 18.0. The van der Waals surface area contributed by atoms with Gasteiger partial charge < -0.3 is 15.0 Å². The molecule has 1 amide bonds. The van der Waals surface area contributed by atoms with Crippen molar-refractivity contribution in [2.75, 3.05) is 13.2 Å². The van der Waals surface area contributed by atoms with Crippen molar-refractivity contribution in [2.45, 2.75) is 33.1 Å². The van der Waals surface area contributed by atoms with Gasteiger partial charge in [0, 0.05) is 13.0 Å². The van der Waals surface area contributed by atoms with Gasteiger partial charge in [0.05, 0.1) is 11.0 Å². The Balaban J connectivity index is 1.45. The Morgan fingerprint density at radius 3 is 2.77 bits per heavy atom. The summed E-state index contributed by atoms with van der Waals surface area (Å²) in [6.07, 6.45) is 0.655. The molecule has 1 heterocycles. The van der Waals surface area contributed by atoms with Crippen LogP contribution < -0.4 is 10.1 Å². The van der Waals surface area contributed by atoms with Gasteiger partial charge in [-0.25, -0.2) is 4.98 Å². The van der Waals surface area contributed by atoms with Gasteiger partial charge >= 0.3 is 0 Å². The van der Waals surface area contributed by atoms with Crippen LogP contribution in [0.3, 0.4) is 0 Å². The fraction of sp³-hybridized carbons (Fsp3) is 0.333. The molecule has 0 saturated heterocycles. The van der Waals surface area contributed by atoms with E-state index in [1.807, 2.05) is 36.4 Å². The zero-order valence-corrected chi connectivity index (χ0v) is 15.5. The van der Waals surface area contributed by atoms with Crippen molar-refractivity contribution in [2.24, 2.45) is 0 Å². The number of hydrogen-bond acceptors (Lipinski definition) is 3. The first-order valence-electron chi connectivity index (χ1n) is 8.96. The van der Waals surface area contributed by atoms with E-state index < -0.39 is 0 Å². The summed E-state index contributed by atoms with van der Waals surface area (Å²) < 4.78 is 5.60. The van der Waals surface area contributed by atoms with Gasteiger partial charge in [0.2, 0.25) is 0 Å². The third-order valence-corrected chi connectivity index (χ3v) is 4.36. The maximum absolute atomic E-state index is 12.0. The first-order valence-corrected chi connectivity index (χ1v) is 8.96. The quantitative estimate of drug-likeness (QED) is 0.681. The second-order valence-corrected chi connectivity index (χ2v) is 6.76. The molecule has 0 aliphatic rings. The van der Waals surface area contributed by atoms with E-state index in [0.717, 1.165) is 22.6 Å². The van der Waals surface area contributed by atoms with Gasteiger partial charge in [0.25, 0.3) is 5.91 Å².